The Labute approximate surface area is 56.6 Å². The molecular formula is C6H14ClN. The van der Waals surface area contributed by atoms with Crippen LogP contribution in [0.1, 0.15) is 6.92 Å². The molecule has 0 bridgehead atoms. The van der Waals surface area contributed by atoms with Crippen LogP contribution in [0.5, 0.6) is 0 Å². The second-order valence-corrected chi connectivity index (χ2v) is 2.83. The maximum absolute atomic E-state index is 5.57. The lowest BCUT2D eigenvalue weighted by molar-refractivity contribution is 0.356. The first-order chi connectivity index (χ1) is 3.66. The normalized spacial score (nSPS) is 14.6. The zero-order chi connectivity index (χ0) is 6.57. The smallest absolute Gasteiger partial charge is 0.0261 e. The van der Waals surface area contributed by atoms with E-state index in [9.17, 15) is 0 Å². The summed E-state index contributed by atoms with van der Waals surface area (Å²) in [6.45, 7) is 3.23. The molecule has 1 atom stereocenters. The molecule has 0 unspecified atom stereocenters. The summed E-state index contributed by atoms with van der Waals surface area (Å²) in [6.07, 6.45) is 0. The van der Waals surface area contributed by atoms with Crippen LogP contribution in [-0.2, 0) is 0 Å². The van der Waals surface area contributed by atoms with E-state index < -0.39 is 0 Å². The van der Waals surface area contributed by atoms with Gasteiger partial charge in [0.25, 0.3) is 0 Å². The van der Waals surface area contributed by atoms with Crippen LogP contribution in [0.25, 0.3) is 0 Å². The molecule has 50 valence electrons. The van der Waals surface area contributed by atoms with Gasteiger partial charge in [0.05, 0.1) is 0 Å². The minimum Gasteiger partial charge on any atom is -0.309 e. The number of halogens is 1. The summed E-state index contributed by atoms with van der Waals surface area (Å²) in [4.78, 5) is 2.15. The highest BCUT2D eigenvalue weighted by Gasteiger charge is 1.98. The molecule has 0 aromatic carbocycles. The van der Waals surface area contributed by atoms with Crippen LogP contribution in [0, 0.1) is 5.92 Å². The molecule has 0 aliphatic heterocycles. The molecule has 0 aromatic heterocycles. The average molecular weight is 136 g/mol. The van der Waals surface area contributed by atoms with Crippen LogP contribution >= 0.6 is 11.6 Å². The van der Waals surface area contributed by atoms with E-state index in [4.69, 9.17) is 11.6 Å². The summed E-state index contributed by atoms with van der Waals surface area (Å²) in [6, 6.07) is 0. The lowest BCUT2D eigenvalue weighted by Crippen LogP contribution is -2.20. The van der Waals surface area contributed by atoms with Crippen LogP contribution in [0.3, 0.4) is 0 Å². The molecule has 0 aliphatic rings. The van der Waals surface area contributed by atoms with Crippen LogP contribution < -0.4 is 0 Å². The number of rotatable bonds is 3. The van der Waals surface area contributed by atoms with E-state index in [0.717, 1.165) is 12.4 Å². The number of hydrogen-bond acceptors (Lipinski definition) is 1. The van der Waals surface area contributed by atoms with Crippen molar-refractivity contribution in [3.63, 3.8) is 0 Å². The number of alkyl halides is 1. The van der Waals surface area contributed by atoms with Crippen molar-refractivity contribution in [3.8, 4) is 0 Å². The maximum atomic E-state index is 5.57. The highest BCUT2D eigenvalue weighted by molar-refractivity contribution is 6.18. The Bertz CT molecular complexity index is 54.5. The van der Waals surface area contributed by atoms with Gasteiger partial charge >= 0.3 is 0 Å². The Morgan fingerprint density at radius 1 is 1.50 bits per heavy atom. The van der Waals surface area contributed by atoms with Gasteiger partial charge in [-0.25, -0.2) is 0 Å². The van der Waals surface area contributed by atoms with Gasteiger partial charge in [0, 0.05) is 12.4 Å². The SMILES string of the molecule is C[C@@H](CCl)CN(C)C. The Morgan fingerprint density at radius 2 is 2.00 bits per heavy atom. The van der Waals surface area contributed by atoms with Crippen molar-refractivity contribution < 1.29 is 0 Å². The lowest BCUT2D eigenvalue weighted by atomic mass is 10.2. The summed E-state index contributed by atoms with van der Waals surface area (Å²) in [5.41, 5.74) is 0. The molecular weight excluding hydrogens is 122 g/mol. The molecule has 0 N–H and O–H groups in total. The molecule has 1 nitrogen and oxygen atoms in total. The Balaban J connectivity index is 3.10. The third kappa shape index (κ3) is 4.41. The van der Waals surface area contributed by atoms with Crippen molar-refractivity contribution in [3.05, 3.63) is 0 Å². The summed E-state index contributed by atoms with van der Waals surface area (Å²) < 4.78 is 0. The predicted molar refractivity (Wildman–Crippen MR) is 38.4 cm³/mol. The topological polar surface area (TPSA) is 3.24 Å². The Hall–Kier alpha value is 0.250. The molecule has 0 saturated heterocycles. The van der Waals surface area contributed by atoms with Crippen molar-refractivity contribution >= 4 is 11.6 Å². The maximum Gasteiger partial charge on any atom is 0.0261 e. The molecule has 0 aliphatic carbocycles. The number of hydrogen-bond donors (Lipinski definition) is 0. The molecule has 0 fully saturated rings. The lowest BCUT2D eigenvalue weighted by Gasteiger charge is -2.13. The van der Waals surface area contributed by atoms with Crippen LogP contribution in [0.15, 0.2) is 0 Å². The molecule has 0 heterocycles. The molecule has 8 heavy (non-hydrogen) atoms. The minimum absolute atomic E-state index is 0.617. The second-order valence-electron chi connectivity index (χ2n) is 2.52. The highest BCUT2D eigenvalue weighted by Crippen LogP contribution is 1.97. The average Bonchev–Trinajstić information content (AvgIpc) is 1.65. The standard InChI is InChI=1S/C6H14ClN/c1-6(4-7)5-8(2)3/h6H,4-5H2,1-3H3/t6-/m0/s1. The van der Waals surface area contributed by atoms with Crippen molar-refractivity contribution in [1.29, 1.82) is 0 Å². The first-order valence-corrected chi connectivity index (χ1v) is 3.41. The van der Waals surface area contributed by atoms with E-state index in [1.165, 1.54) is 0 Å². The summed E-state index contributed by atoms with van der Waals surface area (Å²) in [7, 11) is 4.12. The van der Waals surface area contributed by atoms with Gasteiger partial charge in [0.15, 0.2) is 0 Å². The van der Waals surface area contributed by atoms with Crippen LogP contribution in [-0.4, -0.2) is 31.4 Å². The fourth-order valence-corrected chi connectivity index (χ4v) is 0.770. The summed E-state index contributed by atoms with van der Waals surface area (Å²) in [5.74, 6) is 1.38. The zero-order valence-corrected chi connectivity index (χ0v) is 6.57. The third-order valence-electron chi connectivity index (χ3n) is 0.940. The van der Waals surface area contributed by atoms with Crippen molar-refractivity contribution in [1.82, 2.24) is 4.90 Å². The monoisotopic (exact) mass is 135 g/mol. The van der Waals surface area contributed by atoms with E-state index in [0.29, 0.717) is 5.92 Å². The second kappa shape index (κ2) is 4.16. The van der Waals surface area contributed by atoms with Crippen molar-refractivity contribution in [2.75, 3.05) is 26.5 Å². The molecule has 0 spiro atoms. The minimum atomic E-state index is 0.617. The zero-order valence-electron chi connectivity index (χ0n) is 5.82. The quantitative estimate of drug-likeness (QED) is 0.530. The van der Waals surface area contributed by atoms with Crippen molar-refractivity contribution in [2.24, 2.45) is 5.92 Å². The number of nitrogens with zero attached hydrogens (tertiary/aromatic N) is 1. The third-order valence-corrected chi connectivity index (χ3v) is 1.47. The largest absolute Gasteiger partial charge is 0.309 e. The fourth-order valence-electron chi connectivity index (χ4n) is 0.672. The van der Waals surface area contributed by atoms with Crippen LogP contribution in [0.4, 0.5) is 0 Å². The molecule has 0 saturated carbocycles. The Kier molecular flexibility index (Phi) is 4.29. The van der Waals surface area contributed by atoms with Crippen LogP contribution in [0.2, 0.25) is 0 Å². The summed E-state index contributed by atoms with van der Waals surface area (Å²) >= 11 is 5.57. The first-order valence-electron chi connectivity index (χ1n) is 2.87. The first kappa shape index (κ1) is 8.25. The van der Waals surface area contributed by atoms with E-state index in [2.05, 4.69) is 25.9 Å². The fraction of sp³-hybridized carbons (Fsp3) is 1.00. The van der Waals surface area contributed by atoms with E-state index in [-0.39, 0.29) is 0 Å². The van der Waals surface area contributed by atoms with Gasteiger partial charge in [-0.05, 0) is 20.0 Å². The molecule has 0 radical (unpaired) electrons. The molecule has 0 amide bonds. The van der Waals surface area contributed by atoms with Gasteiger partial charge in [-0.15, -0.1) is 11.6 Å². The predicted octanol–water partition coefficient (Wildman–Crippen LogP) is 1.42. The molecule has 0 rings (SSSR count). The van der Waals surface area contributed by atoms with Gasteiger partial charge in [0.1, 0.15) is 0 Å². The van der Waals surface area contributed by atoms with Gasteiger partial charge in [-0.1, -0.05) is 6.92 Å². The highest BCUT2D eigenvalue weighted by atomic mass is 35.5. The van der Waals surface area contributed by atoms with Gasteiger partial charge in [-0.2, -0.15) is 0 Å². The molecule has 2 heteroatoms. The molecule has 0 aromatic rings. The van der Waals surface area contributed by atoms with E-state index in [1.807, 2.05) is 0 Å². The van der Waals surface area contributed by atoms with Crippen molar-refractivity contribution in [2.45, 2.75) is 6.92 Å². The van der Waals surface area contributed by atoms with Gasteiger partial charge in [-0.3, -0.25) is 0 Å². The van der Waals surface area contributed by atoms with E-state index >= 15 is 0 Å². The van der Waals surface area contributed by atoms with E-state index in [1.54, 1.807) is 0 Å². The summed E-state index contributed by atoms with van der Waals surface area (Å²) in [5, 5.41) is 0. The van der Waals surface area contributed by atoms with Gasteiger partial charge < -0.3 is 4.90 Å². The van der Waals surface area contributed by atoms with Gasteiger partial charge in [0.2, 0.25) is 0 Å². The Morgan fingerprint density at radius 3 is 2.12 bits per heavy atom.